The molecule has 0 bridgehead atoms. The zero-order valence-electron chi connectivity index (χ0n) is 12.6. The average molecular weight is 293 g/mol. The van der Waals surface area contributed by atoms with Gasteiger partial charge in [-0.3, -0.25) is 0 Å². The highest BCUT2D eigenvalue weighted by Gasteiger charge is 2.54. The molecule has 1 saturated heterocycles. The third kappa shape index (κ3) is 2.84. The molecule has 6 heteroatoms. The van der Waals surface area contributed by atoms with Crippen LogP contribution >= 0.6 is 0 Å². The van der Waals surface area contributed by atoms with E-state index in [4.69, 9.17) is 4.74 Å². The molecule has 2 fully saturated rings. The van der Waals surface area contributed by atoms with E-state index in [1.807, 2.05) is 20.8 Å². The van der Waals surface area contributed by atoms with Gasteiger partial charge in [0, 0.05) is 30.9 Å². The monoisotopic (exact) mass is 293 g/mol. The molecule has 0 atom stereocenters. The molecule has 1 aromatic heterocycles. The molecule has 3 rings (SSSR count). The maximum atomic E-state index is 12.7. The van der Waals surface area contributed by atoms with Gasteiger partial charge in [0.15, 0.2) is 0 Å². The first-order chi connectivity index (χ1) is 9.76. The topological polar surface area (TPSA) is 55.3 Å². The van der Waals surface area contributed by atoms with Gasteiger partial charge in [-0.25, -0.2) is 14.8 Å². The van der Waals surface area contributed by atoms with Crippen molar-refractivity contribution in [3.8, 4) is 0 Å². The van der Waals surface area contributed by atoms with E-state index in [9.17, 15) is 9.18 Å². The van der Waals surface area contributed by atoms with Gasteiger partial charge in [0.25, 0.3) is 0 Å². The Morgan fingerprint density at radius 3 is 2.43 bits per heavy atom. The van der Waals surface area contributed by atoms with Gasteiger partial charge < -0.3 is 9.64 Å². The van der Waals surface area contributed by atoms with Crippen molar-refractivity contribution < 1.29 is 13.9 Å². The highest BCUT2D eigenvalue weighted by molar-refractivity contribution is 5.69. The molecule has 0 N–H and O–H groups in total. The summed E-state index contributed by atoms with van der Waals surface area (Å²) < 4.78 is 18.1. The molecule has 114 valence electrons. The minimum absolute atomic E-state index is 0.218. The van der Waals surface area contributed by atoms with Gasteiger partial charge in [-0.15, -0.1) is 0 Å². The molecule has 0 radical (unpaired) electrons. The first-order valence-corrected chi connectivity index (χ1v) is 7.22. The quantitative estimate of drug-likeness (QED) is 0.747. The van der Waals surface area contributed by atoms with Crippen molar-refractivity contribution in [3.05, 3.63) is 24.0 Å². The lowest BCUT2D eigenvalue weighted by atomic mass is 9.56. The normalized spacial score (nSPS) is 20.9. The summed E-state index contributed by atoms with van der Waals surface area (Å²) >= 11 is 0. The summed E-state index contributed by atoms with van der Waals surface area (Å²) in [5.74, 6) is 0.381. The molecule has 5 nitrogen and oxygen atoms in total. The van der Waals surface area contributed by atoms with Crippen molar-refractivity contribution >= 4 is 6.09 Å². The Kier molecular flexibility index (Phi) is 3.15. The lowest BCUT2D eigenvalue weighted by molar-refractivity contribution is -0.0787. The van der Waals surface area contributed by atoms with E-state index in [1.165, 1.54) is 0 Å². The van der Waals surface area contributed by atoms with Crippen LogP contribution in [0.2, 0.25) is 0 Å². The molecule has 1 aliphatic heterocycles. The maximum absolute atomic E-state index is 12.7. The number of halogens is 1. The van der Waals surface area contributed by atoms with Crippen molar-refractivity contribution in [2.75, 3.05) is 13.1 Å². The number of nitrogens with zero attached hydrogens (tertiary/aromatic N) is 3. The van der Waals surface area contributed by atoms with E-state index < -0.39 is 11.7 Å². The summed E-state index contributed by atoms with van der Waals surface area (Å²) in [6.45, 7) is 7.11. The van der Waals surface area contributed by atoms with Gasteiger partial charge in [0.05, 0.1) is 0 Å². The second-order valence-corrected chi connectivity index (χ2v) is 7.23. The summed E-state index contributed by atoms with van der Waals surface area (Å²) in [6.07, 6.45) is 4.20. The van der Waals surface area contributed by atoms with Gasteiger partial charge in [-0.2, -0.15) is 4.39 Å². The van der Waals surface area contributed by atoms with Crippen LogP contribution < -0.4 is 0 Å². The van der Waals surface area contributed by atoms with Gasteiger partial charge in [-0.1, -0.05) is 0 Å². The molecule has 1 aliphatic carbocycles. The number of likely N-dealkylation sites (tertiary alicyclic amines) is 1. The Morgan fingerprint density at radius 2 is 1.90 bits per heavy atom. The molecular weight excluding hydrogens is 273 g/mol. The van der Waals surface area contributed by atoms with Crippen LogP contribution in [-0.4, -0.2) is 39.7 Å². The zero-order valence-corrected chi connectivity index (χ0v) is 12.6. The first kappa shape index (κ1) is 14.2. The van der Waals surface area contributed by atoms with E-state index >= 15 is 0 Å². The number of hydrogen-bond acceptors (Lipinski definition) is 4. The first-order valence-electron chi connectivity index (χ1n) is 7.22. The number of rotatable bonds is 1. The number of amides is 1. The number of hydrogen-bond donors (Lipinski definition) is 0. The summed E-state index contributed by atoms with van der Waals surface area (Å²) in [7, 11) is 0. The summed E-state index contributed by atoms with van der Waals surface area (Å²) in [4.78, 5) is 20.8. The molecule has 21 heavy (non-hydrogen) atoms. The van der Waals surface area contributed by atoms with E-state index in [0.29, 0.717) is 5.92 Å². The van der Waals surface area contributed by atoms with Crippen LogP contribution in [0.1, 0.15) is 45.1 Å². The molecule has 0 aromatic carbocycles. The number of aromatic nitrogens is 2. The van der Waals surface area contributed by atoms with Gasteiger partial charge in [-0.05, 0) is 45.1 Å². The van der Waals surface area contributed by atoms with Gasteiger partial charge in [0.1, 0.15) is 5.60 Å². The molecule has 2 heterocycles. The number of carbonyl (C=O) groups excluding carboxylic acids is 1. The Morgan fingerprint density at radius 1 is 1.33 bits per heavy atom. The Balaban J connectivity index is 1.50. The van der Waals surface area contributed by atoms with E-state index in [-0.39, 0.29) is 11.5 Å². The highest BCUT2D eigenvalue weighted by Crippen LogP contribution is 2.55. The highest BCUT2D eigenvalue weighted by atomic mass is 19.1. The predicted octanol–water partition coefficient (Wildman–Crippen LogP) is 2.73. The molecule has 1 aromatic rings. The van der Waals surface area contributed by atoms with Crippen molar-refractivity contribution in [1.29, 1.82) is 0 Å². The molecule has 1 saturated carbocycles. The Bertz CT molecular complexity index is 539. The number of ether oxygens (including phenoxy) is 1. The fourth-order valence-corrected chi connectivity index (χ4v) is 3.23. The Hall–Kier alpha value is -1.72. The van der Waals surface area contributed by atoms with Crippen LogP contribution in [-0.2, 0) is 4.74 Å². The fourth-order valence-electron chi connectivity index (χ4n) is 3.23. The lowest BCUT2D eigenvalue weighted by Crippen LogP contribution is -2.63. The maximum Gasteiger partial charge on any atom is 0.410 e. The van der Waals surface area contributed by atoms with Crippen LogP contribution in [0.5, 0.6) is 0 Å². The van der Waals surface area contributed by atoms with Crippen molar-refractivity contribution in [2.24, 2.45) is 5.41 Å². The second-order valence-electron chi connectivity index (χ2n) is 7.23. The summed E-state index contributed by atoms with van der Waals surface area (Å²) in [5.41, 5.74) is 0.751. The SMILES string of the molecule is CC(C)(C)OC(=O)N1CC2(CC(c3cnc(F)nc3)C2)C1. The predicted molar refractivity (Wildman–Crippen MR) is 74.2 cm³/mol. The van der Waals surface area contributed by atoms with Crippen molar-refractivity contribution in [1.82, 2.24) is 14.9 Å². The smallest absolute Gasteiger partial charge is 0.410 e. The van der Waals surface area contributed by atoms with Crippen molar-refractivity contribution in [2.45, 2.75) is 45.1 Å². The molecule has 1 spiro atoms. The molecule has 1 amide bonds. The van der Waals surface area contributed by atoms with E-state index in [2.05, 4.69) is 9.97 Å². The molecule has 2 aliphatic rings. The van der Waals surface area contributed by atoms with Crippen LogP contribution in [0, 0.1) is 11.5 Å². The lowest BCUT2D eigenvalue weighted by Gasteiger charge is -2.58. The Labute approximate surface area is 123 Å². The van der Waals surface area contributed by atoms with Gasteiger partial charge in [0.2, 0.25) is 0 Å². The van der Waals surface area contributed by atoms with Crippen molar-refractivity contribution in [3.63, 3.8) is 0 Å². The van der Waals surface area contributed by atoms with E-state index in [0.717, 1.165) is 31.5 Å². The summed E-state index contributed by atoms with van der Waals surface area (Å²) in [6, 6.07) is 0. The van der Waals surface area contributed by atoms with Crippen LogP contribution in [0.4, 0.5) is 9.18 Å². The standard InChI is InChI=1S/C15H20FN3O2/c1-14(2,3)21-13(20)19-8-15(9-19)4-10(5-15)11-6-17-12(16)18-7-11/h6-7,10H,4-5,8-9H2,1-3H3. The average Bonchev–Trinajstić information content (AvgIpc) is 2.25. The summed E-state index contributed by atoms with van der Waals surface area (Å²) in [5, 5.41) is 0. The molecular formula is C15H20FN3O2. The van der Waals surface area contributed by atoms with Gasteiger partial charge >= 0.3 is 12.2 Å². The van der Waals surface area contributed by atoms with Crippen LogP contribution in [0.15, 0.2) is 12.4 Å². The van der Waals surface area contributed by atoms with E-state index in [1.54, 1.807) is 17.3 Å². The second kappa shape index (κ2) is 4.64. The largest absolute Gasteiger partial charge is 0.444 e. The zero-order chi connectivity index (χ0) is 15.3. The number of carbonyl (C=O) groups is 1. The third-order valence-corrected chi connectivity index (χ3v) is 4.17. The minimum atomic E-state index is -0.687. The third-order valence-electron chi connectivity index (χ3n) is 4.17. The minimum Gasteiger partial charge on any atom is -0.444 e. The van der Waals surface area contributed by atoms with Crippen LogP contribution in [0.25, 0.3) is 0 Å². The fraction of sp³-hybridized carbons (Fsp3) is 0.667. The molecule has 0 unspecified atom stereocenters. The van der Waals surface area contributed by atoms with Crippen LogP contribution in [0.3, 0.4) is 0 Å².